The first kappa shape index (κ1) is 15.5. The fourth-order valence-electron chi connectivity index (χ4n) is 2.09. The fourth-order valence-corrected chi connectivity index (χ4v) is 2.09. The number of nitrogen functional groups attached to an aromatic ring is 1. The maximum atomic E-state index is 13.9. The zero-order valence-electron chi connectivity index (χ0n) is 13.0. The lowest BCUT2D eigenvalue weighted by Crippen LogP contribution is -2.03. The first-order valence-electron chi connectivity index (χ1n) is 7.21. The number of halogens is 1. The molecule has 6 nitrogen and oxygen atoms in total. The maximum Gasteiger partial charge on any atom is 0.229 e. The van der Waals surface area contributed by atoms with Crippen molar-refractivity contribution in [2.45, 2.75) is 0 Å². The Kier molecular flexibility index (Phi) is 4.42. The number of aromatic nitrogens is 2. The van der Waals surface area contributed by atoms with E-state index in [1.807, 2.05) is 30.3 Å². The van der Waals surface area contributed by atoms with Gasteiger partial charge in [-0.2, -0.15) is 4.98 Å². The van der Waals surface area contributed by atoms with Crippen LogP contribution in [0.25, 0.3) is 0 Å². The molecule has 0 saturated carbocycles. The monoisotopic (exact) mass is 325 g/mol. The van der Waals surface area contributed by atoms with Gasteiger partial charge in [0.25, 0.3) is 0 Å². The van der Waals surface area contributed by atoms with E-state index in [1.165, 1.54) is 7.11 Å². The highest BCUT2D eigenvalue weighted by molar-refractivity contribution is 5.65. The highest BCUT2D eigenvalue weighted by atomic mass is 19.1. The van der Waals surface area contributed by atoms with Crippen LogP contribution in [0.5, 0.6) is 5.75 Å². The summed E-state index contributed by atoms with van der Waals surface area (Å²) in [6, 6.07) is 14.4. The van der Waals surface area contributed by atoms with Gasteiger partial charge in [0.05, 0.1) is 19.0 Å². The molecule has 0 aliphatic carbocycles. The van der Waals surface area contributed by atoms with Crippen LogP contribution in [-0.4, -0.2) is 17.1 Å². The van der Waals surface area contributed by atoms with Gasteiger partial charge in [0, 0.05) is 17.4 Å². The molecule has 2 aromatic carbocycles. The molecule has 122 valence electrons. The lowest BCUT2D eigenvalue weighted by atomic mass is 10.2. The summed E-state index contributed by atoms with van der Waals surface area (Å²) in [7, 11) is 1.53. The fraction of sp³-hybridized carbons (Fsp3) is 0.0588. The van der Waals surface area contributed by atoms with Gasteiger partial charge in [-0.05, 0) is 24.3 Å². The molecule has 1 heterocycles. The van der Waals surface area contributed by atoms with Gasteiger partial charge in [-0.25, -0.2) is 9.37 Å². The van der Waals surface area contributed by atoms with E-state index < -0.39 is 5.82 Å². The molecule has 0 fully saturated rings. The van der Waals surface area contributed by atoms with Crippen LogP contribution in [0.3, 0.4) is 0 Å². The highest BCUT2D eigenvalue weighted by Crippen LogP contribution is 2.27. The number of hydrogen-bond donors (Lipinski definition) is 3. The van der Waals surface area contributed by atoms with Crippen LogP contribution in [-0.2, 0) is 0 Å². The van der Waals surface area contributed by atoms with Crippen molar-refractivity contribution in [3.05, 3.63) is 60.5 Å². The molecule has 3 rings (SSSR count). The molecule has 0 unspecified atom stereocenters. The molecule has 0 atom stereocenters. The smallest absolute Gasteiger partial charge is 0.229 e. The minimum atomic E-state index is -0.542. The predicted molar refractivity (Wildman–Crippen MR) is 92.4 cm³/mol. The van der Waals surface area contributed by atoms with Gasteiger partial charge in [0.2, 0.25) is 5.95 Å². The van der Waals surface area contributed by atoms with Gasteiger partial charge in [0.15, 0.2) is 11.6 Å². The Balaban J connectivity index is 1.83. The van der Waals surface area contributed by atoms with Crippen LogP contribution >= 0.6 is 0 Å². The Hall–Kier alpha value is -3.35. The molecule has 0 spiro atoms. The normalized spacial score (nSPS) is 10.2. The predicted octanol–water partition coefficient (Wildman–Crippen LogP) is 3.69. The maximum absolute atomic E-state index is 13.9. The zero-order chi connectivity index (χ0) is 16.9. The standard InChI is InChI=1S/C17H16FN5O/c1-24-15-9-12(7-8-14(15)19)22-17-20-10-13(18)16(23-17)21-11-5-3-2-4-6-11/h2-10H,19H2,1H3,(H2,20,21,22,23). The average molecular weight is 325 g/mol. The van der Waals surface area contributed by atoms with E-state index in [1.54, 1.807) is 18.2 Å². The number of nitrogens with one attached hydrogen (secondary N) is 2. The number of benzene rings is 2. The third-order valence-electron chi connectivity index (χ3n) is 3.27. The molecule has 0 aliphatic heterocycles. The first-order valence-corrected chi connectivity index (χ1v) is 7.21. The molecule has 0 saturated heterocycles. The zero-order valence-corrected chi connectivity index (χ0v) is 13.0. The molecule has 0 aliphatic rings. The lowest BCUT2D eigenvalue weighted by Gasteiger charge is -2.11. The summed E-state index contributed by atoms with van der Waals surface area (Å²) in [6.07, 6.45) is 1.11. The molecule has 1 aromatic heterocycles. The molecular formula is C17H16FN5O. The Bertz CT molecular complexity index is 842. The summed E-state index contributed by atoms with van der Waals surface area (Å²) in [5.74, 6) is 0.326. The minimum Gasteiger partial charge on any atom is -0.495 e. The Morgan fingerprint density at radius 2 is 1.83 bits per heavy atom. The van der Waals surface area contributed by atoms with Gasteiger partial charge in [-0.15, -0.1) is 0 Å². The summed E-state index contributed by atoms with van der Waals surface area (Å²) >= 11 is 0. The van der Waals surface area contributed by atoms with Crippen LogP contribution in [0.2, 0.25) is 0 Å². The lowest BCUT2D eigenvalue weighted by molar-refractivity contribution is 0.417. The summed E-state index contributed by atoms with van der Waals surface area (Å²) in [5, 5.41) is 5.91. The second-order valence-corrected chi connectivity index (χ2v) is 4.96. The Morgan fingerprint density at radius 1 is 1.04 bits per heavy atom. The molecule has 0 amide bonds. The first-order chi connectivity index (χ1) is 11.7. The molecule has 24 heavy (non-hydrogen) atoms. The average Bonchev–Trinajstić information content (AvgIpc) is 2.60. The van der Waals surface area contributed by atoms with Crippen LogP contribution < -0.4 is 21.1 Å². The molecule has 0 radical (unpaired) electrons. The number of nitrogens with two attached hydrogens (primary N) is 1. The SMILES string of the molecule is COc1cc(Nc2ncc(F)c(Nc3ccccc3)n2)ccc1N. The number of rotatable bonds is 5. The van der Waals surface area contributed by atoms with Crippen molar-refractivity contribution < 1.29 is 9.13 Å². The topological polar surface area (TPSA) is 85.1 Å². The van der Waals surface area contributed by atoms with Crippen molar-refractivity contribution in [3.8, 4) is 5.75 Å². The van der Waals surface area contributed by atoms with E-state index in [0.717, 1.165) is 11.9 Å². The molecular weight excluding hydrogens is 309 g/mol. The second-order valence-electron chi connectivity index (χ2n) is 4.96. The van der Waals surface area contributed by atoms with Gasteiger partial charge in [-0.3, -0.25) is 0 Å². The summed E-state index contributed by atoms with van der Waals surface area (Å²) < 4.78 is 19.1. The van der Waals surface area contributed by atoms with E-state index in [2.05, 4.69) is 20.6 Å². The van der Waals surface area contributed by atoms with Crippen molar-refractivity contribution in [1.29, 1.82) is 0 Å². The van der Waals surface area contributed by atoms with Crippen molar-refractivity contribution in [2.75, 3.05) is 23.5 Å². The molecule has 7 heteroatoms. The number of hydrogen-bond acceptors (Lipinski definition) is 6. The quantitative estimate of drug-likeness (QED) is 0.620. The van der Waals surface area contributed by atoms with Gasteiger partial charge >= 0.3 is 0 Å². The number of para-hydroxylation sites is 1. The summed E-state index contributed by atoms with van der Waals surface area (Å²) in [4.78, 5) is 8.10. The number of anilines is 5. The van der Waals surface area contributed by atoms with Crippen LogP contribution in [0.1, 0.15) is 0 Å². The summed E-state index contributed by atoms with van der Waals surface area (Å²) in [6.45, 7) is 0. The minimum absolute atomic E-state index is 0.0844. The number of methoxy groups -OCH3 is 1. The van der Waals surface area contributed by atoms with E-state index in [4.69, 9.17) is 10.5 Å². The summed E-state index contributed by atoms with van der Waals surface area (Å²) in [5.41, 5.74) is 7.71. The van der Waals surface area contributed by atoms with Crippen molar-refractivity contribution in [2.24, 2.45) is 0 Å². The van der Waals surface area contributed by atoms with Crippen LogP contribution in [0.15, 0.2) is 54.7 Å². The number of ether oxygens (including phenoxy) is 1. The largest absolute Gasteiger partial charge is 0.495 e. The van der Waals surface area contributed by atoms with Gasteiger partial charge < -0.3 is 21.1 Å². The highest BCUT2D eigenvalue weighted by Gasteiger charge is 2.08. The Morgan fingerprint density at radius 3 is 2.58 bits per heavy atom. The van der Waals surface area contributed by atoms with E-state index in [0.29, 0.717) is 17.1 Å². The van der Waals surface area contributed by atoms with Crippen molar-refractivity contribution in [1.82, 2.24) is 9.97 Å². The van der Waals surface area contributed by atoms with Crippen molar-refractivity contribution >= 4 is 28.8 Å². The number of nitrogens with zero attached hydrogens (tertiary/aromatic N) is 2. The van der Waals surface area contributed by atoms with E-state index in [9.17, 15) is 4.39 Å². The van der Waals surface area contributed by atoms with Gasteiger partial charge in [-0.1, -0.05) is 18.2 Å². The molecule has 4 N–H and O–H groups in total. The van der Waals surface area contributed by atoms with E-state index in [-0.39, 0.29) is 11.8 Å². The molecule has 0 bridgehead atoms. The third-order valence-corrected chi connectivity index (χ3v) is 3.27. The van der Waals surface area contributed by atoms with Crippen LogP contribution in [0, 0.1) is 5.82 Å². The van der Waals surface area contributed by atoms with Crippen molar-refractivity contribution in [3.63, 3.8) is 0 Å². The van der Waals surface area contributed by atoms with Crippen LogP contribution in [0.4, 0.5) is 33.2 Å². The van der Waals surface area contributed by atoms with Gasteiger partial charge in [0.1, 0.15) is 5.75 Å². The van der Waals surface area contributed by atoms with E-state index >= 15 is 0 Å². The third kappa shape index (κ3) is 3.52. The Labute approximate surface area is 138 Å². The molecule has 3 aromatic rings. The second kappa shape index (κ2) is 6.82.